The maximum absolute atomic E-state index is 12.9. The summed E-state index contributed by atoms with van der Waals surface area (Å²) in [7, 11) is 0. The number of carbonyl (C=O) groups is 3. The molecule has 0 N–H and O–H groups in total. The smallest absolute Gasteiger partial charge is 0.340 e. The lowest BCUT2D eigenvalue weighted by atomic mass is 9.69. The molecule has 1 aromatic rings. The minimum absolute atomic E-state index is 0.0290. The largest absolute Gasteiger partial charge is 0.457 e. The molecule has 5 nitrogen and oxygen atoms in total. The van der Waals surface area contributed by atoms with Crippen molar-refractivity contribution in [1.82, 2.24) is 0 Å². The zero-order valence-electron chi connectivity index (χ0n) is 18.0. The maximum Gasteiger partial charge on any atom is 0.340 e. The predicted octanol–water partition coefficient (Wildman–Crippen LogP) is 5.39. The van der Waals surface area contributed by atoms with E-state index >= 15 is 0 Å². The van der Waals surface area contributed by atoms with E-state index in [1.165, 1.54) is 11.6 Å². The van der Waals surface area contributed by atoms with Crippen molar-refractivity contribution >= 4 is 29.3 Å². The topological polar surface area (TPSA) is 69.7 Å². The van der Waals surface area contributed by atoms with Gasteiger partial charge in [0.25, 0.3) is 0 Å². The van der Waals surface area contributed by atoms with Crippen molar-refractivity contribution in [2.45, 2.75) is 58.7 Å². The molecule has 164 valence electrons. The Morgan fingerprint density at radius 2 is 2.00 bits per heavy atom. The average molecular weight is 443 g/mol. The Labute approximate surface area is 187 Å². The first-order chi connectivity index (χ1) is 14.7. The van der Waals surface area contributed by atoms with Gasteiger partial charge in [-0.15, -0.1) is 0 Å². The van der Waals surface area contributed by atoms with Crippen molar-refractivity contribution in [3.05, 3.63) is 70.3 Å². The predicted molar refractivity (Wildman–Crippen MR) is 119 cm³/mol. The first-order valence-electron chi connectivity index (χ1n) is 10.4. The van der Waals surface area contributed by atoms with Crippen molar-refractivity contribution in [3.63, 3.8) is 0 Å². The van der Waals surface area contributed by atoms with Crippen LogP contribution in [0, 0.1) is 5.41 Å². The summed E-state index contributed by atoms with van der Waals surface area (Å²) in [5.41, 5.74) is 1.49. The molecule has 1 aromatic carbocycles. The van der Waals surface area contributed by atoms with Crippen LogP contribution in [0.5, 0.6) is 0 Å². The summed E-state index contributed by atoms with van der Waals surface area (Å²) in [6, 6.07) is 6.63. The Balaban J connectivity index is 1.78. The van der Waals surface area contributed by atoms with Crippen LogP contribution in [0.15, 0.2) is 59.7 Å². The van der Waals surface area contributed by atoms with Gasteiger partial charge in [0.2, 0.25) is 0 Å². The van der Waals surface area contributed by atoms with E-state index < -0.39 is 29.6 Å². The summed E-state index contributed by atoms with van der Waals surface area (Å²) in [5.74, 6) is -1.17. The first-order valence-corrected chi connectivity index (χ1v) is 10.8. The minimum Gasteiger partial charge on any atom is -0.457 e. The van der Waals surface area contributed by atoms with Crippen molar-refractivity contribution in [2.75, 3.05) is 0 Å². The molecule has 3 atom stereocenters. The van der Waals surface area contributed by atoms with Gasteiger partial charge in [-0.1, -0.05) is 41.0 Å². The second-order valence-corrected chi connectivity index (χ2v) is 8.83. The Morgan fingerprint density at radius 1 is 1.26 bits per heavy atom. The van der Waals surface area contributed by atoms with Crippen LogP contribution in [0.1, 0.15) is 56.8 Å². The average Bonchev–Trinajstić information content (AvgIpc) is 3.00. The molecular formula is C25H27ClO5. The lowest BCUT2D eigenvalue weighted by Crippen LogP contribution is -2.43. The highest BCUT2D eigenvalue weighted by Gasteiger charge is 2.55. The fraction of sp³-hybridized carbons (Fsp3) is 0.400. The number of halogens is 1. The summed E-state index contributed by atoms with van der Waals surface area (Å²) >= 11 is 6.09. The van der Waals surface area contributed by atoms with Gasteiger partial charge in [0, 0.05) is 6.42 Å². The highest BCUT2D eigenvalue weighted by atomic mass is 35.5. The van der Waals surface area contributed by atoms with E-state index in [0.29, 0.717) is 5.02 Å². The molecule has 0 amide bonds. The Hall–Kier alpha value is -2.66. The summed E-state index contributed by atoms with van der Waals surface area (Å²) in [4.78, 5) is 37.7. The Bertz CT molecular complexity index is 970. The maximum atomic E-state index is 12.9. The standard InChI is InChI=1S/C25H27ClO5/c1-16(2)7-6-8-17(3)13-22-25(15-23(28)31-22)14-18(11-12-21(25)27)30-24(29)19-9-4-5-10-20(19)26/h4-5,7,9-13,18,22H,6,8,14-15H2,1-3H3/b17-13+/t18-,22-,25?/m1/s1. The Kier molecular flexibility index (Phi) is 7.16. The van der Waals surface area contributed by atoms with Gasteiger partial charge in [-0.05, 0) is 64.0 Å². The van der Waals surface area contributed by atoms with Crippen LogP contribution < -0.4 is 0 Å². The zero-order chi connectivity index (χ0) is 22.6. The highest BCUT2D eigenvalue weighted by Crippen LogP contribution is 2.45. The van der Waals surface area contributed by atoms with E-state index in [0.717, 1.165) is 18.4 Å². The van der Waals surface area contributed by atoms with E-state index in [1.54, 1.807) is 30.3 Å². The first kappa shape index (κ1) is 23.0. The number of rotatable bonds is 6. The third-order valence-corrected chi connectivity index (χ3v) is 5.99. The van der Waals surface area contributed by atoms with Gasteiger partial charge in [0.05, 0.1) is 22.4 Å². The number of carbonyl (C=O) groups excluding carboxylic acids is 3. The number of benzene rings is 1. The van der Waals surface area contributed by atoms with Crippen molar-refractivity contribution < 1.29 is 23.9 Å². The van der Waals surface area contributed by atoms with Gasteiger partial charge in [-0.2, -0.15) is 0 Å². The van der Waals surface area contributed by atoms with Gasteiger partial charge >= 0.3 is 11.9 Å². The molecular weight excluding hydrogens is 416 g/mol. The lowest BCUT2D eigenvalue weighted by Gasteiger charge is -2.34. The number of ketones is 1. The fourth-order valence-electron chi connectivity index (χ4n) is 3.99. The summed E-state index contributed by atoms with van der Waals surface area (Å²) < 4.78 is 11.1. The molecule has 6 heteroatoms. The zero-order valence-corrected chi connectivity index (χ0v) is 18.8. The number of allylic oxidation sites excluding steroid dienone is 4. The molecule has 2 aliphatic rings. The molecule has 1 unspecified atom stereocenters. The van der Waals surface area contributed by atoms with Crippen LogP contribution in [0.2, 0.25) is 5.02 Å². The third kappa shape index (κ3) is 5.34. The summed E-state index contributed by atoms with van der Waals surface area (Å²) in [5, 5.41) is 0.297. The number of cyclic esters (lactones) is 1. The van der Waals surface area contributed by atoms with Gasteiger partial charge in [0.15, 0.2) is 5.78 Å². The van der Waals surface area contributed by atoms with E-state index in [2.05, 4.69) is 6.08 Å². The number of esters is 2. The normalized spacial score (nSPS) is 25.5. The molecule has 1 fully saturated rings. The highest BCUT2D eigenvalue weighted by molar-refractivity contribution is 6.33. The van der Waals surface area contributed by atoms with Crippen LogP contribution in [0.4, 0.5) is 0 Å². The molecule has 1 aliphatic heterocycles. The minimum atomic E-state index is -1.06. The fourth-order valence-corrected chi connectivity index (χ4v) is 4.20. The van der Waals surface area contributed by atoms with Gasteiger partial charge < -0.3 is 9.47 Å². The molecule has 0 aromatic heterocycles. The second kappa shape index (κ2) is 9.65. The molecule has 0 saturated carbocycles. The van der Waals surface area contributed by atoms with Gasteiger partial charge in [-0.3, -0.25) is 9.59 Å². The van der Waals surface area contributed by atoms with Gasteiger partial charge in [0.1, 0.15) is 12.2 Å². The summed E-state index contributed by atoms with van der Waals surface area (Å²) in [6.45, 7) is 6.06. The monoisotopic (exact) mass is 442 g/mol. The van der Waals surface area contributed by atoms with Gasteiger partial charge in [-0.25, -0.2) is 4.79 Å². The number of hydrogen-bond donors (Lipinski definition) is 0. The van der Waals surface area contributed by atoms with Crippen molar-refractivity contribution in [3.8, 4) is 0 Å². The quantitative estimate of drug-likeness (QED) is 0.436. The van der Waals surface area contributed by atoms with Crippen molar-refractivity contribution in [1.29, 1.82) is 0 Å². The molecule has 1 saturated heterocycles. The number of ether oxygens (including phenoxy) is 2. The molecule has 1 heterocycles. The lowest BCUT2D eigenvalue weighted by molar-refractivity contribution is -0.140. The molecule has 0 radical (unpaired) electrons. The van der Waals surface area contributed by atoms with Crippen LogP contribution in [0.25, 0.3) is 0 Å². The van der Waals surface area contributed by atoms with E-state index in [-0.39, 0.29) is 24.2 Å². The molecule has 1 aliphatic carbocycles. The van der Waals surface area contributed by atoms with Crippen LogP contribution in [-0.4, -0.2) is 29.9 Å². The number of hydrogen-bond acceptors (Lipinski definition) is 5. The Morgan fingerprint density at radius 3 is 2.71 bits per heavy atom. The van der Waals surface area contributed by atoms with Crippen molar-refractivity contribution in [2.24, 2.45) is 5.41 Å². The molecule has 1 spiro atoms. The van der Waals surface area contributed by atoms with E-state index in [1.807, 2.05) is 26.8 Å². The second-order valence-electron chi connectivity index (χ2n) is 8.43. The van der Waals surface area contributed by atoms with Crippen LogP contribution in [0.3, 0.4) is 0 Å². The SMILES string of the molecule is CC(C)=CCC/C(C)=C/[C@H]1OC(=O)CC12C[C@H](OC(=O)c1ccccc1Cl)C=CC2=O. The molecule has 31 heavy (non-hydrogen) atoms. The van der Waals surface area contributed by atoms with Crippen LogP contribution in [-0.2, 0) is 19.1 Å². The summed E-state index contributed by atoms with van der Waals surface area (Å²) in [6.07, 6.45) is 7.49. The molecule has 0 bridgehead atoms. The van der Waals surface area contributed by atoms with E-state index in [4.69, 9.17) is 21.1 Å². The molecule has 3 rings (SSSR count). The third-order valence-electron chi connectivity index (χ3n) is 5.66. The van der Waals surface area contributed by atoms with Crippen LogP contribution >= 0.6 is 11.6 Å². The van der Waals surface area contributed by atoms with E-state index in [9.17, 15) is 14.4 Å².